The maximum absolute atomic E-state index is 12.4. The maximum Gasteiger partial charge on any atom is 0.259 e. The van der Waals surface area contributed by atoms with Gasteiger partial charge < -0.3 is 10.1 Å². The molecule has 27 heavy (non-hydrogen) atoms. The third kappa shape index (κ3) is 4.70. The van der Waals surface area contributed by atoms with Gasteiger partial charge >= 0.3 is 0 Å². The van der Waals surface area contributed by atoms with Crippen molar-refractivity contribution >= 4 is 28.8 Å². The van der Waals surface area contributed by atoms with E-state index in [1.54, 1.807) is 25.3 Å². The van der Waals surface area contributed by atoms with Crippen LogP contribution in [0.3, 0.4) is 0 Å². The van der Waals surface area contributed by atoms with Crippen molar-refractivity contribution in [2.45, 2.75) is 0 Å². The van der Waals surface area contributed by atoms with Gasteiger partial charge in [0.2, 0.25) is 0 Å². The number of nitrogens with one attached hydrogen (secondary N) is 2. The van der Waals surface area contributed by atoms with E-state index in [1.807, 2.05) is 48.5 Å². The summed E-state index contributed by atoms with van der Waals surface area (Å²) in [5.74, 6) is 0.0294. The number of ether oxygens (including phenoxy) is 1. The van der Waals surface area contributed by atoms with Crippen molar-refractivity contribution in [2.75, 3.05) is 13.7 Å². The summed E-state index contributed by atoms with van der Waals surface area (Å²) in [4.78, 5) is 24.3. The molecule has 0 atom stereocenters. The maximum atomic E-state index is 12.4. The first-order valence-corrected chi connectivity index (χ1v) is 8.39. The molecule has 2 N–H and O–H groups in total. The van der Waals surface area contributed by atoms with Crippen LogP contribution in [0, 0.1) is 0 Å². The zero-order chi connectivity index (χ0) is 19.1. The first kappa shape index (κ1) is 18.1. The number of methoxy groups -OCH3 is 1. The van der Waals surface area contributed by atoms with Crippen molar-refractivity contribution in [1.29, 1.82) is 0 Å². The molecule has 0 spiro atoms. The quantitative estimate of drug-likeness (QED) is 0.523. The highest BCUT2D eigenvalue weighted by molar-refractivity contribution is 6.07. The lowest BCUT2D eigenvalue weighted by atomic mass is 10.0. The number of fused-ring (bicyclic) bond motifs is 1. The highest BCUT2D eigenvalue weighted by Crippen LogP contribution is 2.18. The van der Waals surface area contributed by atoms with Gasteiger partial charge in [0.15, 0.2) is 0 Å². The average Bonchev–Trinajstić information content (AvgIpc) is 2.72. The molecule has 0 aliphatic rings. The number of carbonyl (C=O) groups excluding carboxylic acids is 2. The molecule has 3 aromatic rings. The predicted molar refractivity (Wildman–Crippen MR) is 105 cm³/mol. The Morgan fingerprint density at radius 3 is 2.52 bits per heavy atom. The van der Waals surface area contributed by atoms with Crippen LogP contribution in [0.15, 0.2) is 71.8 Å². The zero-order valence-corrected chi connectivity index (χ0v) is 14.8. The summed E-state index contributed by atoms with van der Waals surface area (Å²) in [6, 6.07) is 20.3. The van der Waals surface area contributed by atoms with E-state index in [9.17, 15) is 9.59 Å². The van der Waals surface area contributed by atoms with Crippen molar-refractivity contribution in [3.63, 3.8) is 0 Å². The second-order valence-corrected chi connectivity index (χ2v) is 5.78. The fraction of sp³-hybridized carbons (Fsp3) is 0.0952. The molecular weight excluding hydrogens is 342 g/mol. The van der Waals surface area contributed by atoms with E-state index in [2.05, 4.69) is 15.8 Å². The molecule has 3 rings (SSSR count). The van der Waals surface area contributed by atoms with Gasteiger partial charge in [0.05, 0.1) is 19.9 Å². The molecule has 0 aliphatic heterocycles. The Balaban J connectivity index is 1.53. The van der Waals surface area contributed by atoms with Gasteiger partial charge in [-0.2, -0.15) is 5.10 Å². The number of benzene rings is 3. The normalized spacial score (nSPS) is 10.7. The lowest BCUT2D eigenvalue weighted by molar-refractivity contribution is -0.120. The van der Waals surface area contributed by atoms with Crippen molar-refractivity contribution in [3.05, 3.63) is 77.9 Å². The second kappa shape index (κ2) is 8.62. The number of hydrazone groups is 1. The van der Waals surface area contributed by atoms with Crippen LogP contribution in [0.25, 0.3) is 10.8 Å². The first-order chi connectivity index (χ1) is 13.2. The van der Waals surface area contributed by atoms with E-state index in [0.29, 0.717) is 5.56 Å². The van der Waals surface area contributed by atoms with Crippen LogP contribution in [0.5, 0.6) is 5.75 Å². The van der Waals surface area contributed by atoms with Gasteiger partial charge in [-0.25, -0.2) is 5.43 Å². The topological polar surface area (TPSA) is 79.8 Å². The lowest BCUT2D eigenvalue weighted by Crippen LogP contribution is -2.35. The fourth-order valence-corrected chi connectivity index (χ4v) is 2.59. The number of amides is 2. The van der Waals surface area contributed by atoms with Crippen LogP contribution in [0.1, 0.15) is 15.9 Å². The molecule has 0 fully saturated rings. The standard InChI is InChI=1S/C21H19N3O3/c1-27-17-11-9-15(10-12-17)13-23-24-20(25)14-22-21(26)19-8-4-6-16-5-2-3-7-18(16)19/h2-13H,14H2,1H3,(H,22,26)(H,24,25). The summed E-state index contributed by atoms with van der Waals surface area (Å²) in [6.45, 7) is -0.165. The Morgan fingerprint density at radius 1 is 1.00 bits per heavy atom. The average molecular weight is 361 g/mol. The monoisotopic (exact) mass is 361 g/mol. The smallest absolute Gasteiger partial charge is 0.259 e. The van der Waals surface area contributed by atoms with E-state index in [1.165, 1.54) is 6.21 Å². The van der Waals surface area contributed by atoms with Gasteiger partial charge in [-0.1, -0.05) is 36.4 Å². The molecule has 0 aliphatic carbocycles. The van der Waals surface area contributed by atoms with E-state index in [-0.39, 0.29) is 12.5 Å². The highest BCUT2D eigenvalue weighted by atomic mass is 16.5. The Labute approximate surface area is 156 Å². The van der Waals surface area contributed by atoms with Crippen LogP contribution in [-0.4, -0.2) is 31.7 Å². The molecule has 6 heteroatoms. The van der Waals surface area contributed by atoms with Crippen molar-refractivity contribution in [1.82, 2.24) is 10.7 Å². The molecule has 0 bridgehead atoms. The van der Waals surface area contributed by atoms with Crippen LogP contribution in [0.2, 0.25) is 0 Å². The number of nitrogens with zero attached hydrogens (tertiary/aromatic N) is 1. The zero-order valence-electron chi connectivity index (χ0n) is 14.8. The molecule has 0 saturated carbocycles. The number of carbonyl (C=O) groups is 2. The summed E-state index contributed by atoms with van der Waals surface area (Å²) in [5, 5.41) is 8.31. The minimum atomic E-state index is -0.409. The van der Waals surface area contributed by atoms with E-state index >= 15 is 0 Å². The van der Waals surface area contributed by atoms with Gasteiger partial charge in [-0.15, -0.1) is 0 Å². The summed E-state index contributed by atoms with van der Waals surface area (Å²) < 4.78 is 5.08. The molecule has 0 heterocycles. The van der Waals surface area contributed by atoms with Crippen molar-refractivity contribution in [3.8, 4) is 5.75 Å². The summed E-state index contributed by atoms with van der Waals surface area (Å²) in [5.41, 5.74) is 3.73. The lowest BCUT2D eigenvalue weighted by Gasteiger charge is -2.07. The predicted octanol–water partition coefficient (Wildman–Crippen LogP) is 2.73. The SMILES string of the molecule is COc1ccc(C=NNC(=O)CNC(=O)c2cccc3ccccc23)cc1. The van der Waals surface area contributed by atoms with Gasteiger partial charge in [0, 0.05) is 5.56 Å². The number of hydrogen-bond donors (Lipinski definition) is 2. The van der Waals surface area contributed by atoms with Crippen LogP contribution < -0.4 is 15.5 Å². The molecule has 2 amide bonds. The summed E-state index contributed by atoms with van der Waals surface area (Å²) >= 11 is 0. The molecule has 0 saturated heterocycles. The van der Waals surface area contributed by atoms with Crippen molar-refractivity contribution < 1.29 is 14.3 Å². The molecule has 0 aromatic heterocycles. The van der Waals surface area contributed by atoms with Gasteiger partial charge in [-0.05, 0) is 46.7 Å². The third-order valence-corrected chi connectivity index (χ3v) is 3.96. The van der Waals surface area contributed by atoms with Crippen LogP contribution in [0.4, 0.5) is 0 Å². The molecular formula is C21H19N3O3. The molecule has 6 nitrogen and oxygen atoms in total. The number of rotatable bonds is 6. The largest absolute Gasteiger partial charge is 0.497 e. The third-order valence-electron chi connectivity index (χ3n) is 3.96. The Hall–Kier alpha value is -3.67. The molecule has 3 aromatic carbocycles. The Bertz CT molecular complexity index is 976. The first-order valence-electron chi connectivity index (χ1n) is 8.39. The minimum Gasteiger partial charge on any atom is -0.497 e. The van der Waals surface area contributed by atoms with Crippen molar-refractivity contribution in [2.24, 2.45) is 5.10 Å². The number of hydrogen-bond acceptors (Lipinski definition) is 4. The molecule has 136 valence electrons. The fourth-order valence-electron chi connectivity index (χ4n) is 2.59. The molecule has 0 radical (unpaired) electrons. The second-order valence-electron chi connectivity index (χ2n) is 5.78. The van der Waals surface area contributed by atoms with Gasteiger partial charge in [0.25, 0.3) is 11.8 Å². The van der Waals surface area contributed by atoms with Gasteiger partial charge in [0.1, 0.15) is 5.75 Å². The molecule has 0 unspecified atom stereocenters. The van der Waals surface area contributed by atoms with Crippen LogP contribution in [-0.2, 0) is 4.79 Å². The van der Waals surface area contributed by atoms with E-state index in [0.717, 1.165) is 22.1 Å². The Kier molecular flexibility index (Phi) is 5.79. The summed E-state index contributed by atoms with van der Waals surface area (Å²) in [7, 11) is 1.59. The van der Waals surface area contributed by atoms with Crippen LogP contribution >= 0.6 is 0 Å². The van der Waals surface area contributed by atoms with E-state index in [4.69, 9.17) is 4.74 Å². The van der Waals surface area contributed by atoms with E-state index < -0.39 is 5.91 Å². The Morgan fingerprint density at radius 2 is 1.74 bits per heavy atom. The summed E-state index contributed by atoms with van der Waals surface area (Å²) in [6.07, 6.45) is 1.52. The van der Waals surface area contributed by atoms with Gasteiger partial charge in [-0.3, -0.25) is 9.59 Å². The highest BCUT2D eigenvalue weighted by Gasteiger charge is 2.10. The minimum absolute atomic E-state index is 0.165.